The van der Waals surface area contributed by atoms with E-state index in [9.17, 15) is 0 Å². The van der Waals surface area contributed by atoms with Crippen LogP contribution in [0.25, 0.3) is 0 Å². The maximum atomic E-state index is 5.79. The van der Waals surface area contributed by atoms with Crippen LogP contribution in [0.2, 0.25) is 0 Å². The van der Waals surface area contributed by atoms with Crippen LogP contribution in [-0.4, -0.2) is 23.6 Å². The SMILES string of the molecule is CC.CNc1cc(C)nc2c1CN(N)CC2. The van der Waals surface area contributed by atoms with E-state index in [4.69, 9.17) is 5.84 Å². The van der Waals surface area contributed by atoms with Crippen molar-refractivity contribution < 1.29 is 0 Å². The van der Waals surface area contributed by atoms with Gasteiger partial charge < -0.3 is 5.32 Å². The van der Waals surface area contributed by atoms with Crippen molar-refractivity contribution >= 4 is 5.69 Å². The molecular weight excluding hydrogens is 200 g/mol. The molecule has 0 saturated heterocycles. The van der Waals surface area contributed by atoms with Gasteiger partial charge >= 0.3 is 0 Å². The summed E-state index contributed by atoms with van der Waals surface area (Å²) in [6.07, 6.45) is 0.947. The maximum absolute atomic E-state index is 5.79. The zero-order valence-corrected chi connectivity index (χ0v) is 10.7. The van der Waals surface area contributed by atoms with Gasteiger partial charge in [0.15, 0.2) is 0 Å². The van der Waals surface area contributed by atoms with Gasteiger partial charge in [-0.05, 0) is 13.0 Å². The number of anilines is 1. The number of aromatic nitrogens is 1. The fourth-order valence-corrected chi connectivity index (χ4v) is 1.90. The molecule has 3 N–H and O–H groups in total. The first-order chi connectivity index (χ1) is 7.70. The van der Waals surface area contributed by atoms with Crippen molar-refractivity contribution in [1.82, 2.24) is 9.99 Å². The van der Waals surface area contributed by atoms with E-state index in [2.05, 4.69) is 16.4 Å². The van der Waals surface area contributed by atoms with Crippen molar-refractivity contribution in [3.05, 3.63) is 23.0 Å². The van der Waals surface area contributed by atoms with Gasteiger partial charge in [-0.3, -0.25) is 10.8 Å². The van der Waals surface area contributed by atoms with Gasteiger partial charge in [0.1, 0.15) is 0 Å². The summed E-state index contributed by atoms with van der Waals surface area (Å²) >= 11 is 0. The van der Waals surface area contributed by atoms with E-state index in [0.29, 0.717) is 0 Å². The van der Waals surface area contributed by atoms with Crippen LogP contribution >= 0.6 is 0 Å². The van der Waals surface area contributed by atoms with E-state index in [1.54, 1.807) is 0 Å². The van der Waals surface area contributed by atoms with E-state index >= 15 is 0 Å². The smallest absolute Gasteiger partial charge is 0.0486 e. The highest BCUT2D eigenvalue weighted by Gasteiger charge is 2.18. The Hall–Kier alpha value is -1.13. The van der Waals surface area contributed by atoms with E-state index in [1.165, 1.54) is 11.3 Å². The van der Waals surface area contributed by atoms with Gasteiger partial charge in [-0.25, -0.2) is 5.01 Å². The van der Waals surface area contributed by atoms with Gasteiger partial charge in [-0.2, -0.15) is 0 Å². The first-order valence-electron chi connectivity index (χ1n) is 5.87. The van der Waals surface area contributed by atoms with Gasteiger partial charge in [0.25, 0.3) is 0 Å². The molecule has 0 saturated carbocycles. The van der Waals surface area contributed by atoms with Crippen molar-refractivity contribution in [1.29, 1.82) is 0 Å². The molecule has 1 aliphatic rings. The summed E-state index contributed by atoms with van der Waals surface area (Å²) in [6.45, 7) is 7.71. The minimum Gasteiger partial charge on any atom is -0.388 e. The molecule has 1 aromatic heterocycles. The molecule has 0 atom stereocenters. The summed E-state index contributed by atoms with van der Waals surface area (Å²) in [6, 6.07) is 2.07. The molecule has 2 rings (SSSR count). The Morgan fingerprint density at radius 2 is 2.12 bits per heavy atom. The summed E-state index contributed by atoms with van der Waals surface area (Å²) < 4.78 is 0. The Bertz CT molecular complexity index is 332. The molecule has 1 aromatic rings. The zero-order valence-electron chi connectivity index (χ0n) is 10.7. The number of rotatable bonds is 1. The number of hydrogen-bond acceptors (Lipinski definition) is 4. The largest absolute Gasteiger partial charge is 0.388 e. The molecule has 4 nitrogen and oxygen atoms in total. The van der Waals surface area contributed by atoms with Crippen molar-refractivity contribution in [3.63, 3.8) is 0 Å². The standard InChI is InChI=1S/C10H16N4.C2H6/c1-7-5-10(12-2)8-6-14(11)4-3-9(8)13-7;1-2/h5H,3-4,6,11H2,1-2H3,(H,12,13);1-2H3. The second-order valence-electron chi connectivity index (χ2n) is 3.71. The molecule has 0 radical (unpaired) electrons. The molecule has 0 amide bonds. The molecule has 0 aromatic carbocycles. The van der Waals surface area contributed by atoms with Crippen LogP contribution in [0, 0.1) is 6.92 Å². The van der Waals surface area contributed by atoms with E-state index in [-0.39, 0.29) is 0 Å². The number of nitrogens with zero attached hydrogens (tertiary/aromatic N) is 2. The maximum Gasteiger partial charge on any atom is 0.0486 e. The Kier molecular flexibility index (Phi) is 4.71. The number of hydrazine groups is 1. The third kappa shape index (κ3) is 2.71. The lowest BCUT2D eigenvalue weighted by atomic mass is 10.0. The molecule has 0 fully saturated rings. The van der Waals surface area contributed by atoms with Crippen LogP contribution < -0.4 is 11.2 Å². The Morgan fingerprint density at radius 1 is 1.44 bits per heavy atom. The molecule has 4 heteroatoms. The van der Waals surface area contributed by atoms with Crippen LogP contribution in [0.3, 0.4) is 0 Å². The topological polar surface area (TPSA) is 54.2 Å². The lowest BCUT2D eigenvalue weighted by Gasteiger charge is -2.26. The minimum atomic E-state index is 0.790. The number of fused-ring (bicyclic) bond motifs is 1. The zero-order chi connectivity index (χ0) is 12.1. The van der Waals surface area contributed by atoms with Crippen LogP contribution in [0.15, 0.2) is 6.07 Å². The molecule has 0 spiro atoms. The van der Waals surface area contributed by atoms with Crippen LogP contribution in [0.4, 0.5) is 5.69 Å². The summed E-state index contributed by atoms with van der Waals surface area (Å²) in [5.74, 6) is 5.79. The van der Waals surface area contributed by atoms with Crippen LogP contribution in [-0.2, 0) is 13.0 Å². The highest BCUT2D eigenvalue weighted by atomic mass is 15.4. The van der Waals surface area contributed by atoms with Gasteiger partial charge in [-0.15, -0.1) is 0 Å². The number of nitrogens with one attached hydrogen (secondary N) is 1. The Balaban J connectivity index is 0.000000606. The lowest BCUT2D eigenvalue weighted by Crippen LogP contribution is -2.37. The highest BCUT2D eigenvalue weighted by molar-refractivity contribution is 5.54. The molecule has 16 heavy (non-hydrogen) atoms. The number of hydrogen-bond donors (Lipinski definition) is 2. The van der Waals surface area contributed by atoms with Crippen LogP contribution in [0.1, 0.15) is 30.8 Å². The lowest BCUT2D eigenvalue weighted by molar-refractivity contribution is 0.261. The van der Waals surface area contributed by atoms with Gasteiger partial charge in [0, 0.05) is 49.2 Å². The van der Waals surface area contributed by atoms with Crippen molar-refractivity contribution in [3.8, 4) is 0 Å². The molecule has 0 aliphatic carbocycles. The average Bonchev–Trinajstić information content (AvgIpc) is 2.31. The van der Waals surface area contributed by atoms with Gasteiger partial charge in [-0.1, -0.05) is 13.8 Å². The molecule has 1 aliphatic heterocycles. The van der Waals surface area contributed by atoms with E-state index < -0.39 is 0 Å². The molecule has 90 valence electrons. The second kappa shape index (κ2) is 5.82. The Morgan fingerprint density at radius 3 is 2.75 bits per heavy atom. The fraction of sp³-hybridized carbons (Fsp3) is 0.583. The first kappa shape index (κ1) is 12.9. The van der Waals surface area contributed by atoms with E-state index in [1.807, 2.05) is 32.8 Å². The average molecular weight is 222 g/mol. The number of aryl methyl sites for hydroxylation is 1. The van der Waals surface area contributed by atoms with Gasteiger partial charge in [0.05, 0.1) is 0 Å². The van der Waals surface area contributed by atoms with E-state index in [0.717, 1.165) is 30.9 Å². The monoisotopic (exact) mass is 222 g/mol. The molecule has 0 bridgehead atoms. The number of pyridine rings is 1. The fourth-order valence-electron chi connectivity index (χ4n) is 1.90. The summed E-state index contributed by atoms with van der Waals surface area (Å²) in [5.41, 5.74) is 4.66. The van der Waals surface area contributed by atoms with Crippen molar-refractivity contribution in [2.24, 2.45) is 5.84 Å². The third-order valence-electron chi connectivity index (χ3n) is 2.60. The molecule has 2 heterocycles. The molecular formula is C12H22N4. The molecule has 0 unspecified atom stereocenters. The van der Waals surface area contributed by atoms with Crippen LogP contribution in [0.5, 0.6) is 0 Å². The normalized spacial score (nSPS) is 14.8. The predicted molar refractivity (Wildman–Crippen MR) is 68.2 cm³/mol. The second-order valence-corrected chi connectivity index (χ2v) is 3.71. The number of nitrogens with two attached hydrogens (primary N) is 1. The van der Waals surface area contributed by atoms with Gasteiger partial charge in [0.2, 0.25) is 0 Å². The highest BCUT2D eigenvalue weighted by Crippen LogP contribution is 2.24. The summed E-state index contributed by atoms with van der Waals surface area (Å²) in [4.78, 5) is 4.53. The quantitative estimate of drug-likeness (QED) is 0.710. The first-order valence-corrected chi connectivity index (χ1v) is 5.87. The van der Waals surface area contributed by atoms with Crippen molar-refractivity contribution in [2.75, 3.05) is 18.9 Å². The minimum absolute atomic E-state index is 0.790. The summed E-state index contributed by atoms with van der Waals surface area (Å²) in [7, 11) is 1.94. The van der Waals surface area contributed by atoms with Crippen molar-refractivity contribution in [2.45, 2.75) is 33.7 Å². The predicted octanol–water partition coefficient (Wildman–Crippen LogP) is 1.69. The Labute approximate surface area is 97.8 Å². The third-order valence-corrected chi connectivity index (χ3v) is 2.60. The summed E-state index contributed by atoms with van der Waals surface area (Å²) in [5, 5.41) is 5.03.